The minimum absolute atomic E-state index is 0.0101. The van der Waals surface area contributed by atoms with Gasteiger partial charge in [-0.05, 0) is 39.5 Å². The van der Waals surface area contributed by atoms with Crippen LogP contribution in [0.5, 0.6) is 0 Å². The van der Waals surface area contributed by atoms with Crippen molar-refractivity contribution in [2.24, 2.45) is 35.5 Å². The number of rotatable bonds is 6. The Morgan fingerprint density at radius 2 is 0.756 bits per heavy atom. The molecule has 0 spiro atoms. The predicted octanol–water partition coefficient (Wildman–Crippen LogP) is 2.01. The van der Waals surface area contributed by atoms with Crippen LogP contribution in [0.25, 0.3) is 0 Å². The average Bonchev–Trinajstić information content (AvgIpc) is 2.92. The SMILES string of the molecule is CC1C(O)OC(C)[C@H](OC2OC(C)[C@H](OC3OC(C)[C@H](OC4OC(C)[C@H](O)[C@H](O)C4C)[C@H](C)C3C)[C@H](O)C2C)[C@@H]1C. The quantitative estimate of drug-likeness (QED) is 0.360. The summed E-state index contributed by atoms with van der Waals surface area (Å²) in [5.74, 6) is -0.911. The number of aliphatic hydroxyl groups is 4. The van der Waals surface area contributed by atoms with Crippen LogP contribution in [-0.2, 0) is 33.2 Å². The van der Waals surface area contributed by atoms with Gasteiger partial charge in [-0.1, -0.05) is 41.5 Å². The summed E-state index contributed by atoms with van der Waals surface area (Å²) in [5.41, 5.74) is 0. The van der Waals surface area contributed by atoms with Crippen molar-refractivity contribution in [1.82, 2.24) is 0 Å². The Morgan fingerprint density at radius 3 is 1.32 bits per heavy atom. The summed E-state index contributed by atoms with van der Waals surface area (Å²) in [4.78, 5) is 0. The maximum atomic E-state index is 11.4. The molecule has 0 radical (unpaired) electrons. The molecular formula is C30H54O11. The maximum Gasteiger partial charge on any atom is 0.163 e. The van der Waals surface area contributed by atoms with Crippen LogP contribution in [0, 0.1) is 35.5 Å². The van der Waals surface area contributed by atoms with E-state index in [9.17, 15) is 20.4 Å². The van der Waals surface area contributed by atoms with Gasteiger partial charge in [0.1, 0.15) is 12.2 Å². The molecular weight excluding hydrogens is 536 g/mol. The molecule has 0 amide bonds. The molecule has 4 heterocycles. The van der Waals surface area contributed by atoms with E-state index in [0.717, 1.165) is 0 Å². The molecule has 4 saturated heterocycles. The molecule has 11 nitrogen and oxygen atoms in total. The van der Waals surface area contributed by atoms with E-state index < -0.39 is 67.7 Å². The van der Waals surface area contributed by atoms with Crippen LogP contribution < -0.4 is 0 Å². The van der Waals surface area contributed by atoms with E-state index in [2.05, 4.69) is 6.92 Å². The van der Waals surface area contributed by atoms with E-state index in [1.165, 1.54) is 0 Å². The summed E-state index contributed by atoms with van der Waals surface area (Å²) in [5, 5.41) is 42.1. The molecule has 41 heavy (non-hydrogen) atoms. The van der Waals surface area contributed by atoms with Gasteiger partial charge in [-0.3, -0.25) is 0 Å². The lowest BCUT2D eigenvalue weighted by atomic mass is 9.84. The number of hydrogen-bond acceptors (Lipinski definition) is 11. The minimum atomic E-state index is -0.961. The monoisotopic (exact) mass is 590 g/mol. The van der Waals surface area contributed by atoms with Crippen molar-refractivity contribution in [2.75, 3.05) is 0 Å². The fourth-order valence-electron chi connectivity index (χ4n) is 6.70. The van der Waals surface area contributed by atoms with Gasteiger partial charge in [-0.25, -0.2) is 0 Å². The first kappa shape index (κ1) is 33.5. The van der Waals surface area contributed by atoms with Crippen LogP contribution in [-0.4, -0.2) is 107 Å². The second-order valence-electron chi connectivity index (χ2n) is 13.3. The average molecular weight is 591 g/mol. The zero-order chi connectivity index (χ0) is 30.5. The van der Waals surface area contributed by atoms with Gasteiger partial charge in [0, 0.05) is 23.7 Å². The van der Waals surface area contributed by atoms with Gasteiger partial charge in [0.15, 0.2) is 25.2 Å². The molecule has 4 rings (SSSR count). The molecule has 4 aliphatic heterocycles. The van der Waals surface area contributed by atoms with Gasteiger partial charge in [0.25, 0.3) is 0 Å². The van der Waals surface area contributed by atoms with Gasteiger partial charge < -0.3 is 53.6 Å². The summed E-state index contributed by atoms with van der Waals surface area (Å²) < 4.78 is 43.3. The molecule has 0 aromatic heterocycles. The summed E-state index contributed by atoms with van der Waals surface area (Å²) >= 11 is 0. The Labute approximate surface area is 244 Å². The van der Waals surface area contributed by atoms with Gasteiger partial charge in [-0.15, -0.1) is 0 Å². The van der Waals surface area contributed by atoms with Gasteiger partial charge >= 0.3 is 0 Å². The smallest absolute Gasteiger partial charge is 0.163 e. The van der Waals surface area contributed by atoms with E-state index in [1.54, 1.807) is 13.8 Å². The van der Waals surface area contributed by atoms with Crippen molar-refractivity contribution in [3.05, 3.63) is 0 Å². The highest BCUT2D eigenvalue weighted by Crippen LogP contribution is 2.40. The highest BCUT2D eigenvalue weighted by Gasteiger charge is 2.50. The van der Waals surface area contributed by atoms with Crippen LogP contribution in [0.4, 0.5) is 0 Å². The lowest BCUT2D eigenvalue weighted by Crippen LogP contribution is -2.60. The molecule has 0 aliphatic carbocycles. The van der Waals surface area contributed by atoms with E-state index in [-0.39, 0.29) is 54.0 Å². The number of hydrogen-bond donors (Lipinski definition) is 4. The van der Waals surface area contributed by atoms with E-state index in [1.807, 2.05) is 48.5 Å². The third-order valence-corrected chi connectivity index (χ3v) is 10.3. The first-order chi connectivity index (χ1) is 19.1. The Morgan fingerprint density at radius 1 is 0.366 bits per heavy atom. The second kappa shape index (κ2) is 13.3. The Hall–Kier alpha value is -0.440. The van der Waals surface area contributed by atoms with Crippen molar-refractivity contribution in [3.8, 4) is 0 Å². The Balaban J connectivity index is 1.37. The molecule has 4 fully saturated rings. The molecule has 4 N–H and O–H groups in total. The van der Waals surface area contributed by atoms with E-state index in [0.29, 0.717) is 0 Å². The molecule has 12 unspecified atom stereocenters. The topological polar surface area (TPSA) is 146 Å². The lowest BCUT2D eigenvalue weighted by molar-refractivity contribution is -0.361. The van der Waals surface area contributed by atoms with Crippen LogP contribution in [0.2, 0.25) is 0 Å². The predicted molar refractivity (Wildman–Crippen MR) is 147 cm³/mol. The van der Waals surface area contributed by atoms with Crippen LogP contribution in [0.3, 0.4) is 0 Å². The van der Waals surface area contributed by atoms with E-state index in [4.69, 9.17) is 33.2 Å². The molecule has 0 saturated carbocycles. The minimum Gasteiger partial charge on any atom is -0.390 e. The Kier molecular flexibility index (Phi) is 10.8. The zero-order valence-electron chi connectivity index (χ0n) is 26.2. The van der Waals surface area contributed by atoms with Gasteiger partial charge in [0.05, 0.1) is 48.8 Å². The first-order valence-electron chi connectivity index (χ1n) is 15.4. The standard InChI is InChI=1S/C30H54O11/c1-11-13(3)27(34)35-18(8)24(11)39-30-16(6)22(32)26(20(10)38-30)41-28-14(4)12(2)25(19(9)37-28)40-29-15(5)21(31)23(33)17(7)36-29/h11-34H,1-10H3/t11-,12-,13?,14?,15?,16?,17?,18?,19?,20?,21-,22-,23+,24-,25-,26+,27?,28?,29?,30?/m1/s1. The van der Waals surface area contributed by atoms with Crippen molar-refractivity contribution in [3.63, 3.8) is 0 Å². The van der Waals surface area contributed by atoms with Crippen molar-refractivity contribution in [2.45, 2.75) is 155 Å². The third kappa shape index (κ3) is 6.66. The fourth-order valence-corrected chi connectivity index (χ4v) is 6.70. The summed E-state index contributed by atoms with van der Waals surface area (Å²) in [6.45, 7) is 19.1. The molecule has 0 aromatic rings. The highest BCUT2D eigenvalue weighted by molar-refractivity contribution is 4.93. The summed E-state index contributed by atoms with van der Waals surface area (Å²) in [6, 6.07) is 0. The third-order valence-electron chi connectivity index (χ3n) is 10.3. The van der Waals surface area contributed by atoms with Crippen molar-refractivity contribution in [1.29, 1.82) is 0 Å². The van der Waals surface area contributed by atoms with E-state index >= 15 is 0 Å². The van der Waals surface area contributed by atoms with Crippen LogP contribution >= 0.6 is 0 Å². The molecule has 20 atom stereocenters. The van der Waals surface area contributed by atoms with Crippen LogP contribution in [0.1, 0.15) is 69.2 Å². The lowest BCUT2D eigenvalue weighted by Gasteiger charge is -2.50. The number of aliphatic hydroxyl groups excluding tert-OH is 4. The zero-order valence-corrected chi connectivity index (χ0v) is 26.2. The summed E-state index contributed by atoms with van der Waals surface area (Å²) in [6.07, 6.45) is -8.45. The molecule has 0 bridgehead atoms. The van der Waals surface area contributed by atoms with Crippen molar-refractivity contribution < 1.29 is 53.6 Å². The fraction of sp³-hybridized carbons (Fsp3) is 1.00. The highest BCUT2D eigenvalue weighted by atomic mass is 16.7. The first-order valence-corrected chi connectivity index (χ1v) is 15.4. The molecule has 11 heteroatoms. The maximum absolute atomic E-state index is 11.4. The normalized spacial score (nSPS) is 56.9. The molecule has 0 aromatic carbocycles. The summed E-state index contributed by atoms with van der Waals surface area (Å²) in [7, 11) is 0. The molecule has 4 aliphatic rings. The van der Waals surface area contributed by atoms with Crippen molar-refractivity contribution >= 4 is 0 Å². The Bertz CT molecular complexity index is 847. The largest absolute Gasteiger partial charge is 0.390 e. The van der Waals surface area contributed by atoms with Gasteiger partial charge in [0.2, 0.25) is 0 Å². The molecule has 240 valence electrons. The van der Waals surface area contributed by atoms with Crippen LogP contribution in [0.15, 0.2) is 0 Å². The number of ether oxygens (including phenoxy) is 7. The van der Waals surface area contributed by atoms with Gasteiger partial charge in [-0.2, -0.15) is 0 Å². The second-order valence-corrected chi connectivity index (χ2v) is 13.3.